The number of aliphatic hydroxyl groups excluding tert-OH is 1. The predicted octanol–water partition coefficient (Wildman–Crippen LogP) is 3.61. The molecule has 0 heterocycles. The van der Waals surface area contributed by atoms with Crippen LogP contribution in [0.5, 0.6) is 5.75 Å². The van der Waals surface area contributed by atoms with Gasteiger partial charge in [0.05, 0.1) is 0 Å². The highest BCUT2D eigenvalue weighted by atomic mass is 16.6. The quantitative estimate of drug-likeness (QED) is 0.401. The Morgan fingerprint density at radius 2 is 1.69 bits per heavy atom. The van der Waals surface area contributed by atoms with Gasteiger partial charge in [-0.25, -0.2) is 9.59 Å². The number of carboxylic acid groups (broad SMARTS) is 2. The molecule has 1 aliphatic rings. The number of rotatable bonds is 7. The molecule has 1 aromatic rings. The van der Waals surface area contributed by atoms with Gasteiger partial charge in [-0.15, -0.1) is 0 Å². The molecule has 0 saturated heterocycles. The standard InChI is InChI=1S/C20H33NO2.C2H2O4/c1-15(20(2,3)4)21-14-13-19(22)23-18-12-8-7-11-17(18)16-9-5-6-10-16;3-1(4)2(5)6/h7-8,11-12,15-16,19,21-22H,5-6,9-10,13-14H2,1-4H3;(H,3,4)(H,5,6). The van der Waals surface area contributed by atoms with E-state index in [1.165, 1.54) is 31.2 Å². The molecule has 164 valence electrons. The maximum Gasteiger partial charge on any atom is 0.414 e. The molecule has 2 rings (SSSR count). The van der Waals surface area contributed by atoms with E-state index in [1.54, 1.807) is 0 Å². The lowest BCUT2D eigenvalue weighted by Gasteiger charge is -2.28. The lowest BCUT2D eigenvalue weighted by Crippen LogP contribution is -2.39. The number of carbonyl (C=O) groups is 2. The minimum Gasteiger partial charge on any atom is -0.473 e. The van der Waals surface area contributed by atoms with Crippen molar-refractivity contribution in [2.24, 2.45) is 5.41 Å². The first-order valence-corrected chi connectivity index (χ1v) is 10.2. The van der Waals surface area contributed by atoms with Gasteiger partial charge >= 0.3 is 11.9 Å². The van der Waals surface area contributed by atoms with E-state index < -0.39 is 18.2 Å². The van der Waals surface area contributed by atoms with Gasteiger partial charge in [-0.05, 0) is 42.7 Å². The van der Waals surface area contributed by atoms with Crippen molar-refractivity contribution in [2.75, 3.05) is 6.54 Å². The van der Waals surface area contributed by atoms with Crippen LogP contribution in [0.1, 0.15) is 71.3 Å². The molecule has 2 unspecified atom stereocenters. The molecule has 29 heavy (non-hydrogen) atoms. The van der Waals surface area contributed by atoms with Crippen LogP contribution < -0.4 is 10.1 Å². The highest BCUT2D eigenvalue weighted by Crippen LogP contribution is 2.38. The van der Waals surface area contributed by atoms with Crippen molar-refractivity contribution < 1.29 is 29.6 Å². The van der Waals surface area contributed by atoms with Crippen LogP contribution in [-0.2, 0) is 9.59 Å². The maximum absolute atomic E-state index is 10.2. The van der Waals surface area contributed by atoms with Crippen LogP contribution in [0.25, 0.3) is 0 Å². The van der Waals surface area contributed by atoms with Gasteiger partial charge in [0, 0.05) is 19.0 Å². The third kappa shape index (κ3) is 9.28. The second kappa shape index (κ2) is 11.8. The monoisotopic (exact) mass is 409 g/mol. The summed E-state index contributed by atoms with van der Waals surface area (Å²) < 4.78 is 5.84. The third-order valence-electron chi connectivity index (χ3n) is 5.30. The first-order valence-electron chi connectivity index (χ1n) is 10.2. The summed E-state index contributed by atoms with van der Waals surface area (Å²) in [4.78, 5) is 18.2. The highest BCUT2D eigenvalue weighted by Gasteiger charge is 2.22. The molecular weight excluding hydrogens is 374 g/mol. The molecule has 0 spiro atoms. The number of hydrogen-bond donors (Lipinski definition) is 4. The average Bonchev–Trinajstić information content (AvgIpc) is 3.16. The smallest absolute Gasteiger partial charge is 0.414 e. The van der Waals surface area contributed by atoms with E-state index in [9.17, 15) is 5.11 Å². The Labute approximate surface area is 173 Å². The van der Waals surface area contributed by atoms with Crippen molar-refractivity contribution in [3.63, 3.8) is 0 Å². The Morgan fingerprint density at radius 3 is 2.21 bits per heavy atom. The van der Waals surface area contributed by atoms with Gasteiger partial charge in [0.2, 0.25) is 0 Å². The number of aliphatic hydroxyl groups is 1. The van der Waals surface area contributed by atoms with E-state index >= 15 is 0 Å². The third-order valence-corrected chi connectivity index (χ3v) is 5.30. The summed E-state index contributed by atoms with van der Waals surface area (Å²) in [5.41, 5.74) is 1.49. The lowest BCUT2D eigenvalue weighted by atomic mass is 9.88. The summed E-state index contributed by atoms with van der Waals surface area (Å²) >= 11 is 0. The molecule has 1 saturated carbocycles. The first kappa shape index (κ1) is 24.9. The minimum absolute atomic E-state index is 0.223. The number of nitrogens with one attached hydrogen (secondary N) is 1. The first-order chi connectivity index (χ1) is 13.5. The highest BCUT2D eigenvalue weighted by molar-refractivity contribution is 6.27. The SMILES string of the molecule is CC(NCCC(O)Oc1ccccc1C1CCCC1)C(C)(C)C.O=C(O)C(=O)O. The summed E-state index contributed by atoms with van der Waals surface area (Å²) in [6.07, 6.45) is 4.92. The van der Waals surface area contributed by atoms with Crippen LogP contribution in [0.15, 0.2) is 24.3 Å². The fourth-order valence-electron chi connectivity index (χ4n) is 3.10. The number of ether oxygens (including phenoxy) is 1. The second-order valence-corrected chi connectivity index (χ2v) is 8.53. The van der Waals surface area contributed by atoms with E-state index in [1.807, 2.05) is 12.1 Å². The van der Waals surface area contributed by atoms with Crippen molar-refractivity contribution in [1.82, 2.24) is 5.32 Å². The van der Waals surface area contributed by atoms with Crippen molar-refractivity contribution in [3.8, 4) is 5.75 Å². The Hall–Kier alpha value is -2.12. The van der Waals surface area contributed by atoms with E-state index in [0.29, 0.717) is 18.4 Å². The Bertz CT molecular complexity index is 637. The molecule has 1 aromatic carbocycles. The zero-order chi connectivity index (χ0) is 22.0. The van der Waals surface area contributed by atoms with Crippen LogP contribution in [0.4, 0.5) is 0 Å². The Balaban J connectivity index is 0.000000612. The molecule has 0 amide bonds. The average molecular weight is 410 g/mol. The minimum atomic E-state index is -1.82. The van der Waals surface area contributed by atoms with Crippen LogP contribution in [0, 0.1) is 5.41 Å². The zero-order valence-electron chi connectivity index (χ0n) is 17.9. The summed E-state index contributed by atoms with van der Waals surface area (Å²) in [6, 6.07) is 8.60. The maximum atomic E-state index is 10.2. The normalized spacial score (nSPS) is 16.4. The van der Waals surface area contributed by atoms with Crippen molar-refractivity contribution in [1.29, 1.82) is 0 Å². The topological polar surface area (TPSA) is 116 Å². The van der Waals surface area contributed by atoms with Crippen molar-refractivity contribution in [2.45, 2.75) is 78.0 Å². The molecule has 0 bridgehead atoms. The van der Waals surface area contributed by atoms with E-state index in [4.69, 9.17) is 24.5 Å². The number of aliphatic carboxylic acids is 2. The van der Waals surface area contributed by atoms with Crippen molar-refractivity contribution >= 4 is 11.9 Å². The predicted molar refractivity (Wildman–Crippen MR) is 111 cm³/mol. The van der Waals surface area contributed by atoms with Gasteiger partial charge in [-0.2, -0.15) is 0 Å². The number of benzene rings is 1. The molecule has 0 aliphatic heterocycles. The van der Waals surface area contributed by atoms with Gasteiger partial charge in [0.25, 0.3) is 0 Å². The molecule has 0 radical (unpaired) electrons. The molecular formula is C22H35NO6. The van der Waals surface area contributed by atoms with Crippen LogP contribution in [-0.4, -0.2) is 46.1 Å². The molecule has 7 nitrogen and oxygen atoms in total. The van der Waals surface area contributed by atoms with Crippen molar-refractivity contribution in [3.05, 3.63) is 29.8 Å². The van der Waals surface area contributed by atoms with E-state index in [0.717, 1.165) is 12.3 Å². The molecule has 0 aromatic heterocycles. The summed E-state index contributed by atoms with van der Waals surface area (Å²) in [5.74, 6) is -2.20. The van der Waals surface area contributed by atoms with E-state index in [-0.39, 0.29) is 5.41 Å². The fraction of sp³-hybridized carbons (Fsp3) is 0.636. The number of carboxylic acids is 2. The van der Waals surface area contributed by atoms with Crippen LogP contribution >= 0.6 is 0 Å². The second-order valence-electron chi connectivity index (χ2n) is 8.53. The van der Waals surface area contributed by atoms with Crippen LogP contribution in [0.2, 0.25) is 0 Å². The zero-order valence-corrected chi connectivity index (χ0v) is 17.9. The fourth-order valence-corrected chi connectivity index (χ4v) is 3.10. The van der Waals surface area contributed by atoms with E-state index in [2.05, 4.69) is 45.1 Å². The largest absolute Gasteiger partial charge is 0.473 e. The molecule has 2 atom stereocenters. The molecule has 7 heteroatoms. The van der Waals surface area contributed by atoms with Gasteiger partial charge in [0.1, 0.15) is 5.75 Å². The molecule has 1 fully saturated rings. The van der Waals surface area contributed by atoms with Gasteiger partial charge in [-0.3, -0.25) is 0 Å². The Morgan fingerprint density at radius 1 is 1.14 bits per heavy atom. The van der Waals surface area contributed by atoms with Crippen LogP contribution in [0.3, 0.4) is 0 Å². The lowest BCUT2D eigenvalue weighted by molar-refractivity contribution is -0.159. The summed E-state index contributed by atoms with van der Waals surface area (Å²) in [7, 11) is 0. The number of hydrogen-bond acceptors (Lipinski definition) is 5. The molecule has 4 N–H and O–H groups in total. The Kier molecular flexibility index (Phi) is 10.1. The number of para-hydroxylation sites is 1. The van der Waals surface area contributed by atoms with Gasteiger partial charge in [-0.1, -0.05) is 51.8 Å². The van der Waals surface area contributed by atoms with Gasteiger partial charge < -0.3 is 25.4 Å². The molecule has 1 aliphatic carbocycles. The summed E-state index contributed by atoms with van der Waals surface area (Å²) in [6.45, 7) is 9.59. The van der Waals surface area contributed by atoms with Gasteiger partial charge in [0.15, 0.2) is 6.29 Å². The summed E-state index contributed by atoms with van der Waals surface area (Å²) in [5, 5.41) is 28.5.